The number of piperidine rings is 1. The highest BCUT2D eigenvalue weighted by atomic mass is 35.5. The molecular formula is C12H20ClN3O. The number of aromatic nitrogens is 2. The van der Waals surface area contributed by atoms with Gasteiger partial charge in [-0.05, 0) is 46.7 Å². The van der Waals surface area contributed by atoms with E-state index in [9.17, 15) is 5.11 Å². The zero-order valence-corrected chi connectivity index (χ0v) is 11.4. The second kappa shape index (κ2) is 4.59. The van der Waals surface area contributed by atoms with Crippen molar-refractivity contribution in [2.75, 3.05) is 13.1 Å². The van der Waals surface area contributed by atoms with Crippen molar-refractivity contribution in [3.8, 4) is 0 Å². The first-order chi connectivity index (χ1) is 7.96. The van der Waals surface area contributed by atoms with Crippen LogP contribution in [0.5, 0.6) is 0 Å². The van der Waals surface area contributed by atoms with Crippen molar-refractivity contribution in [3.63, 3.8) is 0 Å². The predicted molar refractivity (Wildman–Crippen MR) is 68.4 cm³/mol. The molecule has 0 aliphatic carbocycles. The van der Waals surface area contributed by atoms with Crippen molar-refractivity contribution in [1.29, 1.82) is 0 Å². The zero-order valence-electron chi connectivity index (χ0n) is 10.6. The van der Waals surface area contributed by atoms with E-state index in [0.717, 1.165) is 24.5 Å². The van der Waals surface area contributed by atoms with E-state index in [4.69, 9.17) is 11.6 Å². The van der Waals surface area contributed by atoms with E-state index in [0.29, 0.717) is 17.9 Å². The van der Waals surface area contributed by atoms with Gasteiger partial charge < -0.3 is 10.4 Å². The molecule has 96 valence electrons. The van der Waals surface area contributed by atoms with Crippen LogP contribution in [0.1, 0.15) is 44.1 Å². The molecule has 0 amide bonds. The SMILES string of the molecule is Cc1nn(C(C)C)c(C2(O)CCNCC2)c1Cl. The first-order valence-electron chi connectivity index (χ1n) is 6.14. The molecular weight excluding hydrogens is 238 g/mol. The minimum absolute atomic E-state index is 0.204. The van der Waals surface area contributed by atoms with Gasteiger partial charge >= 0.3 is 0 Å². The van der Waals surface area contributed by atoms with E-state index in [1.807, 2.05) is 11.6 Å². The predicted octanol–water partition coefficient (Wildman–Crippen LogP) is 2.00. The maximum atomic E-state index is 10.8. The molecule has 2 heterocycles. The van der Waals surface area contributed by atoms with Gasteiger partial charge in [-0.2, -0.15) is 5.10 Å². The molecule has 0 atom stereocenters. The minimum atomic E-state index is -0.839. The van der Waals surface area contributed by atoms with Crippen LogP contribution in [0, 0.1) is 6.92 Å². The van der Waals surface area contributed by atoms with E-state index < -0.39 is 5.60 Å². The van der Waals surface area contributed by atoms with Gasteiger partial charge in [0.25, 0.3) is 0 Å². The highest BCUT2D eigenvalue weighted by Gasteiger charge is 2.37. The molecule has 4 nitrogen and oxygen atoms in total. The number of rotatable bonds is 2. The van der Waals surface area contributed by atoms with Gasteiger partial charge in [-0.3, -0.25) is 4.68 Å². The second-order valence-corrected chi connectivity index (χ2v) is 5.45. The molecule has 0 unspecified atom stereocenters. The summed E-state index contributed by atoms with van der Waals surface area (Å²) in [4.78, 5) is 0. The lowest BCUT2D eigenvalue weighted by Crippen LogP contribution is -2.41. The average molecular weight is 258 g/mol. The number of nitrogens with one attached hydrogen (secondary N) is 1. The Bertz CT molecular complexity index is 408. The summed E-state index contributed by atoms with van der Waals surface area (Å²) in [6.07, 6.45) is 1.37. The molecule has 1 fully saturated rings. The molecule has 17 heavy (non-hydrogen) atoms. The monoisotopic (exact) mass is 257 g/mol. The number of aryl methyl sites for hydroxylation is 1. The number of hydrogen-bond donors (Lipinski definition) is 2. The average Bonchev–Trinajstić information content (AvgIpc) is 2.57. The fourth-order valence-electron chi connectivity index (χ4n) is 2.40. The summed E-state index contributed by atoms with van der Waals surface area (Å²) in [5.41, 5.74) is 0.740. The summed E-state index contributed by atoms with van der Waals surface area (Å²) < 4.78 is 1.86. The van der Waals surface area contributed by atoms with E-state index in [2.05, 4.69) is 24.3 Å². The lowest BCUT2D eigenvalue weighted by Gasteiger charge is -2.34. The van der Waals surface area contributed by atoms with Crippen LogP contribution in [0.15, 0.2) is 0 Å². The molecule has 0 radical (unpaired) electrons. The van der Waals surface area contributed by atoms with Crippen LogP contribution >= 0.6 is 11.6 Å². The third-order valence-electron chi connectivity index (χ3n) is 3.37. The van der Waals surface area contributed by atoms with Crippen molar-refractivity contribution >= 4 is 11.6 Å². The van der Waals surface area contributed by atoms with Gasteiger partial charge in [0.1, 0.15) is 5.60 Å². The van der Waals surface area contributed by atoms with E-state index in [1.54, 1.807) is 0 Å². The van der Waals surface area contributed by atoms with Crippen LogP contribution in [-0.2, 0) is 5.60 Å². The Hall–Kier alpha value is -0.580. The lowest BCUT2D eigenvalue weighted by atomic mass is 9.88. The Balaban J connectivity index is 2.49. The zero-order chi connectivity index (χ0) is 12.6. The van der Waals surface area contributed by atoms with Gasteiger partial charge in [0.15, 0.2) is 0 Å². The Kier molecular flexibility index (Phi) is 3.48. The van der Waals surface area contributed by atoms with Crippen LogP contribution in [0.2, 0.25) is 5.02 Å². The molecule has 1 aromatic rings. The Morgan fingerprint density at radius 1 is 1.41 bits per heavy atom. The standard InChI is InChI=1S/C12H20ClN3O/c1-8(2)16-11(10(13)9(3)15-16)12(17)4-6-14-7-5-12/h8,14,17H,4-7H2,1-3H3. The summed E-state index contributed by atoms with van der Waals surface area (Å²) in [6, 6.07) is 0.204. The molecule has 1 aliphatic rings. The van der Waals surface area contributed by atoms with Crippen molar-refractivity contribution in [2.45, 2.75) is 45.3 Å². The summed E-state index contributed by atoms with van der Waals surface area (Å²) >= 11 is 6.32. The first-order valence-corrected chi connectivity index (χ1v) is 6.51. The second-order valence-electron chi connectivity index (χ2n) is 5.07. The fourth-order valence-corrected chi connectivity index (χ4v) is 2.70. The highest BCUT2D eigenvalue weighted by Crippen LogP contribution is 2.37. The molecule has 5 heteroatoms. The van der Waals surface area contributed by atoms with Gasteiger partial charge in [-0.25, -0.2) is 0 Å². The Morgan fingerprint density at radius 2 is 2.00 bits per heavy atom. The molecule has 0 spiro atoms. The van der Waals surface area contributed by atoms with Gasteiger partial charge in [-0.1, -0.05) is 11.6 Å². The van der Waals surface area contributed by atoms with Crippen LogP contribution < -0.4 is 5.32 Å². The van der Waals surface area contributed by atoms with Crippen molar-refractivity contribution < 1.29 is 5.11 Å². The molecule has 1 aliphatic heterocycles. The van der Waals surface area contributed by atoms with E-state index in [-0.39, 0.29) is 6.04 Å². The summed E-state index contributed by atoms with van der Waals surface area (Å²) in [7, 11) is 0. The lowest BCUT2D eigenvalue weighted by molar-refractivity contribution is -0.00318. The summed E-state index contributed by atoms with van der Waals surface area (Å²) in [5, 5.41) is 19.1. The van der Waals surface area contributed by atoms with Gasteiger partial charge in [0.05, 0.1) is 16.4 Å². The Labute approximate surface area is 107 Å². The van der Waals surface area contributed by atoms with Crippen LogP contribution in [0.25, 0.3) is 0 Å². The normalized spacial score (nSPS) is 19.9. The number of hydrogen-bond acceptors (Lipinski definition) is 3. The maximum absolute atomic E-state index is 10.8. The van der Waals surface area contributed by atoms with Crippen molar-refractivity contribution in [2.24, 2.45) is 0 Å². The van der Waals surface area contributed by atoms with Gasteiger partial charge in [0, 0.05) is 6.04 Å². The van der Waals surface area contributed by atoms with Crippen molar-refractivity contribution in [1.82, 2.24) is 15.1 Å². The quantitative estimate of drug-likeness (QED) is 0.852. The number of nitrogens with zero attached hydrogens (tertiary/aromatic N) is 2. The molecule has 0 aromatic carbocycles. The number of aliphatic hydroxyl groups is 1. The van der Waals surface area contributed by atoms with Crippen LogP contribution in [0.4, 0.5) is 0 Å². The van der Waals surface area contributed by atoms with Crippen LogP contribution in [0.3, 0.4) is 0 Å². The molecule has 1 saturated heterocycles. The smallest absolute Gasteiger partial charge is 0.110 e. The Morgan fingerprint density at radius 3 is 2.53 bits per heavy atom. The van der Waals surface area contributed by atoms with E-state index in [1.165, 1.54) is 0 Å². The molecule has 0 saturated carbocycles. The molecule has 1 aromatic heterocycles. The van der Waals surface area contributed by atoms with Gasteiger partial charge in [-0.15, -0.1) is 0 Å². The molecule has 0 bridgehead atoms. The number of halogens is 1. The molecule has 2 rings (SSSR count). The third-order valence-corrected chi connectivity index (χ3v) is 3.83. The van der Waals surface area contributed by atoms with Crippen molar-refractivity contribution in [3.05, 3.63) is 16.4 Å². The van der Waals surface area contributed by atoms with Crippen LogP contribution in [-0.4, -0.2) is 28.0 Å². The molecule has 2 N–H and O–H groups in total. The largest absolute Gasteiger partial charge is 0.383 e. The third kappa shape index (κ3) is 2.21. The first kappa shape index (κ1) is 12.9. The van der Waals surface area contributed by atoms with E-state index >= 15 is 0 Å². The maximum Gasteiger partial charge on any atom is 0.110 e. The summed E-state index contributed by atoms with van der Waals surface area (Å²) in [6.45, 7) is 7.62. The minimum Gasteiger partial charge on any atom is -0.383 e. The fraction of sp³-hybridized carbons (Fsp3) is 0.750. The highest BCUT2D eigenvalue weighted by molar-refractivity contribution is 6.32. The topological polar surface area (TPSA) is 50.1 Å². The summed E-state index contributed by atoms with van der Waals surface area (Å²) in [5.74, 6) is 0. The van der Waals surface area contributed by atoms with Gasteiger partial charge in [0.2, 0.25) is 0 Å².